The Kier molecular flexibility index (Phi) is 4.20. The molecule has 1 saturated carbocycles. The van der Waals surface area contributed by atoms with E-state index in [1.165, 1.54) is 17.7 Å². The Bertz CT molecular complexity index is 197. The minimum absolute atomic E-state index is 0.0208. The molecule has 82 valence electrons. The lowest BCUT2D eigenvalue weighted by molar-refractivity contribution is 0.189. The largest absolute Gasteiger partial charge is 0.395 e. The first kappa shape index (κ1) is 11.3. The molecule has 2 unspecified atom stereocenters. The molecule has 1 rings (SSSR count). The molecule has 0 bridgehead atoms. The zero-order chi connectivity index (χ0) is 10.6. The number of urea groups is 1. The number of nitrogens with zero attached hydrogens (tertiary/aromatic N) is 1. The number of rotatable bonds is 5. The van der Waals surface area contributed by atoms with Gasteiger partial charge < -0.3 is 15.3 Å². The highest BCUT2D eigenvalue weighted by Gasteiger charge is 2.37. The quantitative estimate of drug-likeness (QED) is 0.690. The molecule has 1 aliphatic carbocycles. The predicted molar refractivity (Wildman–Crippen MR) is 55.1 cm³/mol. The van der Waals surface area contributed by atoms with E-state index < -0.39 is 0 Å². The number of aliphatic hydroxyl groups is 1. The van der Waals surface area contributed by atoms with E-state index >= 15 is 0 Å². The van der Waals surface area contributed by atoms with Crippen LogP contribution in [-0.4, -0.2) is 42.3 Å². The molecule has 4 heteroatoms. The molecule has 0 saturated heterocycles. The first-order chi connectivity index (χ1) is 6.69. The van der Waals surface area contributed by atoms with E-state index in [9.17, 15) is 4.79 Å². The molecule has 0 aromatic carbocycles. The molecule has 2 N–H and O–H groups in total. The second-order valence-electron chi connectivity index (χ2n) is 3.99. The van der Waals surface area contributed by atoms with E-state index in [2.05, 4.69) is 12.2 Å². The van der Waals surface area contributed by atoms with E-state index in [-0.39, 0.29) is 12.6 Å². The van der Waals surface area contributed by atoms with Crippen molar-refractivity contribution in [3.8, 4) is 0 Å². The lowest BCUT2D eigenvalue weighted by atomic mass is 10.2. The van der Waals surface area contributed by atoms with Crippen LogP contribution in [0.5, 0.6) is 0 Å². The Balaban J connectivity index is 2.16. The van der Waals surface area contributed by atoms with Gasteiger partial charge in [-0.2, -0.15) is 0 Å². The van der Waals surface area contributed by atoms with Gasteiger partial charge in [-0.3, -0.25) is 0 Å². The molecule has 0 spiro atoms. The third kappa shape index (κ3) is 3.18. The van der Waals surface area contributed by atoms with Crippen LogP contribution in [0.3, 0.4) is 0 Å². The van der Waals surface area contributed by atoms with Crippen LogP contribution in [0.1, 0.15) is 26.2 Å². The fraction of sp³-hybridized carbons (Fsp3) is 0.900. The Hall–Kier alpha value is -0.770. The molecule has 0 heterocycles. The average molecular weight is 200 g/mol. The maximum absolute atomic E-state index is 11.4. The summed E-state index contributed by atoms with van der Waals surface area (Å²) in [6.45, 7) is 2.58. The van der Waals surface area contributed by atoms with Gasteiger partial charge in [0.25, 0.3) is 0 Å². The molecule has 0 radical (unpaired) electrons. The number of amides is 2. The van der Waals surface area contributed by atoms with Crippen molar-refractivity contribution in [2.24, 2.45) is 5.92 Å². The van der Waals surface area contributed by atoms with Crippen LogP contribution in [0, 0.1) is 5.92 Å². The molecule has 0 aromatic heterocycles. The fourth-order valence-corrected chi connectivity index (χ4v) is 1.63. The standard InChI is InChI=1S/C10H20N2O2/c1-3-4-8-7-9(8)11-10(14)12(2)5-6-13/h8-9,13H,3-7H2,1-2H3,(H,11,14). The SMILES string of the molecule is CCCC1CC1NC(=O)N(C)CCO. The van der Waals surface area contributed by atoms with Crippen molar-refractivity contribution in [1.82, 2.24) is 10.2 Å². The first-order valence-corrected chi connectivity index (χ1v) is 5.31. The van der Waals surface area contributed by atoms with Gasteiger partial charge in [0, 0.05) is 19.6 Å². The molecule has 14 heavy (non-hydrogen) atoms. The zero-order valence-corrected chi connectivity index (χ0v) is 8.99. The number of carbonyl (C=O) groups excluding carboxylic acids is 1. The number of carbonyl (C=O) groups is 1. The monoisotopic (exact) mass is 200 g/mol. The molecule has 2 amide bonds. The second-order valence-corrected chi connectivity index (χ2v) is 3.99. The van der Waals surface area contributed by atoms with E-state index in [4.69, 9.17) is 5.11 Å². The van der Waals surface area contributed by atoms with Gasteiger partial charge in [0.2, 0.25) is 0 Å². The number of hydrogen-bond donors (Lipinski definition) is 2. The molecule has 0 aromatic rings. The summed E-state index contributed by atoms with van der Waals surface area (Å²) in [6.07, 6.45) is 3.50. The number of aliphatic hydroxyl groups excluding tert-OH is 1. The van der Waals surface area contributed by atoms with Crippen LogP contribution < -0.4 is 5.32 Å². The lowest BCUT2D eigenvalue weighted by Gasteiger charge is -2.16. The van der Waals surface area contributed by atoms with Crippen LogP contribution in [0.2, 0.25) is 0 Å². The zero-order valence-electron chi connectivity index (χ0n) is 8.99. The van der Waals surface area contributed by atoms with Gasteiger partial charge in [-0.05, 0) is 18.8 Å². The molecule has 2 atom stereocenters. The average Bonchev–Trinajstić information content (AvgIpc) is 2.84. The maximum atomic E-state index is 11.4. The molecule has 1 aliphatic rings. The predicted octanol–water partition coefficient (Wildman–Crippen LogP) is 0.809. The van der Waals surface area contributed by atoms with Crippen LogP contribution >= 0.6 is 0 Å². The highest BCUT2D eigenvalue weighted by Crippen LogP contribution is 2.34. The highest BCUT2D eigenvalue weighted by molar-refractivity contribution is 5.74. The summed E-state index contributed by atoms with van der Waals surface area (Å²) >= 11 is 0. The summed E-state index contributed by atoms with van der Waals surface area (Å²) in [4.78, 5) is 13.0. The smallest absolute Gasteiger partial charge is 0.317 e. The van der Waals surface area contributed by atoms with Crippen LogP contribution in [0.4, 0.5) is 4.79 Å². The molecular weight excluding hydrogens is 180 g/mol. The Labute approximate surface area is 85.3 Å². The first-order valence-electron chi connectivity index (χ1n) is 5.31. The summed E-state index contributed by atoms with van der Waals surface area (Å²) in [5.74, 6) is 0.687. The van der Waals surface area contributed by atoms with Crippen LogP contribution in [0.25, 0.3) is 0 Å². The Morgan fingerprint density at radius 2 is 2.36 bits per heavy atom. The highest BCUT2D eigenvalue weighted by atomic mass is 16.3. The van der Waals surface area contributed by atoms with E-state index in [1.54, 1.807) is 7.05 Å². The van der Waals surface area contributed by atoms with Crippen molar-refractivity contribution >= 4 is 6.03 Å². The third-order valence-electron chi connectivity index (χ3n) is 2.67. The van der Waals surface area contributed by atoms with Gasteiger partial charge in [-0.25, -0.2) is 4.79 Å². The van der Waals surface area contributed by atoms with Gasteiger partial charge in [-0.1, -0.05) is 13.3 Å². The summed E-state index contributed by atoms with van der Waals surface area (Å²) < 4.78 is 0. The lowest BCUT2D eigenvalue weighted by Crippen LogP contribution is -2.40. The topological polar surface area (TPSA) is 52.6 Å². The number of hydrogen-bond acceptors (Lipinski definition) is 2. The van der Waals surface area contributed by atoms with Crippen LogP contribution in [0.15, 0.2) is 0 Å². The van der Waals surface area contributed by atoms with Crippen molar-refractivity contribution in [2.75, 3.05) is 20.2 Å². The Morgan fingerprint density at radius 1 is 1.64 bits per heavy atom. The summed E-state index contributed by atoms with van der Waals surface area (Å²) in [5.41, 5.74) is 0. The summed E-state index contributed by atoms with van der Waals surface area (Å²) in [5, 5.41) is 11.6. The maximum Gasteiger partial charge on any atom is 0.317 e. The number of likely N-dealkylation sites (N-methyl/N-ethyl adjacent to an activating group) is 1. The molecule has 0 aliphatic heterocycles. The Morgan fingerprint density at radius 3 is 2.93 bits per heavy atom. The molecule has 1 fully saturated rings. The summed E-state index contributed by atoms with van der Waals surface area (Å²) in [6, 6.07) is 0.311. The minimum atomic E-state index is -0.0670. The van der Waals surface area contributed by atoms with Crippen molar-refractivity contribution in [3.05, 3.63) is 0 Å². The van der Waals surface area contributed by atoms with E-state index in [0.29, 0.717) is 18.5 Å². The van der Waals surface area contributed by atoms with Crippen LogP contribution in [-0.2, 0) is 0 Å². The van der Waals surface area contributed by atoms with Crippen molar-refractivity contribution < 1.29 is 9.90 Å². The minimum Gasteiger partial charge on any atom is -0.395 e. The third-order valence-corrected chi connectivity index (χ3v) is 2.67. The number of nitrogens with one attached hydrogen (secondary N) is 1. The second kappa shape index (κ2) is 5.20. The van der Waals surface area contributed by atoms with Gasteiger partial charge in [0.15, 0.2) is 0 Å². The summed E-state index contributed by atoms with van der Waals surface area (Å²) in [7, 11) is 1.70. The molecule has 4 nitrogen and oxygen atoms in total. The van der Waals surface area contributed by atoms with Gasteiger partial charge in [-0.15, -0.1) is 0 Å². The van der Waals surface area contributed by atoms with Crippen molar-refractivity contribution in [2.45, 2.75) is 32.2 Å². The van der Waals surface area contributed by atoms with E-state index in [1.807, 2.05) is 0 Å². The van der Waals surface area contributed by atoms with Gasteiger partial charge >= 0.3 is 6.03 Å². The van der Waals surface area contributed by atoms with Crippen molar-refractivity contribution in [1.29, 1.82) is 0 Å². The van der Waals surface area contributed by atoms with Gasteiger partial charge in [0.1, 0.15) is 0 Å². The molecular formula is C10H20N2O2. The normalized spacial score (nSPS) is 24.5. The van der Waals surface area contributed by atoms with Gasteiger partial charge in [0.05, 0.1) is 6.61 Å². The fourth-order valence-electron chi connectivity index (χ4n) is 1.63. The van der Waals surface area contributed by atoms with E-state index in [0.717, 1.165) is 6.42 Å². The van der Waals surface area contributed by atoms with Crippen molar-refractivity contribution in [3.63, 3.8) is 0 Å².